The molecule has 0 radical (unpaired) electrons. The van der Waals surface area contributed by atoms with E-state index < -0.39 is 0 Å². The third kappa shape index (κ3) is 5.50. The number of benzene rings is 1. The Balaban J connectivity index is 1.67. The van der Waals surface area contributed by atoms with E-state index in [9.17, 15) is 4.79 Å². The minimum absolute atomic E-state index is 0.0917. The van der Waals surface area contributed by atoms with Crippen LogP contribution >= 0.6 is 0 Å². The molecule has 116 valence electrons. The lowest BCUT2D eigenvalue weighted by atomic mass is 9.87. The summed E-state index contributed by atoms with van der Waals surface area (Å²) in [6.45, 7) is 5.33. The fourth-order valence-electron chi connectivity index (χ4n) is 2.92. The smallest absolute Gasteiger partial charge is 0.310 e. The lowest BCUT2D eigenvalue weighted by Crippen LogP contribution is -2.38. The number of hydrogen-bond donors (Lipinski definition) is 1. The lowest BCUT2D eigenvalue weighted by Gasteiger charge is -2.28. The van der Waals surface area contributed by atoms with Gasteiger partial charge in [0.25, 0.3) is 0 Å². The Labute approximate surface area is 128 Å². The van der Waals surface area contributed by atoms with Crippen LogP contribution < -0.4 is 5.32 Å². The van der Waals surface area contributed by atoms with Crippen molar-refractivity contribution in [2.45, 2.75) is 52.2 Å². The van der Waals surface area contributed by atoms with Crippen LogP contribution in [0.4, 0.5) is 0 Å². The first-order valence-corrected chi connectivity index (χ1v) is 8.09. The van der Waals surface area contributed by atoms with Crippen molar-refractivity contribution in [3.8, 4) is 0 Å². The molecule has 0 bridgehead atoms. The van der Waals surface area contributed by atoms with Crippen LogP contribution in [0.15, 0.2) is 30.3 Å². The molecule has 1 aromatic carbocycles. The molecule has 0 spiro atoms. The van der Waals surface area contributed by atoms with Crippen molar-refractivity contribution in [3.63, 3.8) is 0 Å². The highest BCUT2D eigenvalue weighted by atomic mass is 16.5. The summed E-state index contributed by atoms with van der Waals surface area (Å²) < 4.78 is 5.37. The molecule has 3 heteroatoms. The largest absolute Gasteiger partial charge is 0.461 e. The maximum atomic E-state index is 12.0. The van der Waals surface area contributed by atoms with Gasteiger partial charge in [-0.1, -0.05) is 57.0 Å². The Morgan fingerprint density at radius 1 is 1.33 bits per heavy atom. The molecule has 21 heavy (non-hydrogen) atoms. The predicted molar refractivity (Wildman–Crippen MR) is 84.8 cm³/mol. The molecule has 1 saturated carbocycles. The molecule has 1 N–H and O–H groups in total. The van der Waals surface area contributed by atoms with Crippen LogP contribution in [0.25, 0.3) is 0 Å². The summed E-state index contributed by atoms with van der Waals surface area (Å²) in [7, 11) is 0. The van der Waals surface area contributed by atoms with Crippen LogP contribution in [-0.2, 0) is 16.1 Å². The summed E-state index contributed by atoms with van der Waals surface area (Å²) in [6.07, 6.45) is 5.10. The van der Waals surface area contributed by atoms with Crippen molar-refractivity contribution in [2.24, 2.45) is 11.8 Å². The van der Waals surface area contributed by atoms with E-state index in [1.807, 2.05) is 37.3 Å². The normalized spacial score (nSPS) is 23.5. The van der Waals surface area contributed by atoms with Crippen LogP contribution in [-0.4, -0.2) is 18.6 Å². The second-order valence-electron chi connectivity index (χ2n) is 6.37. The SMILES string of the molecule is CC1CCCC(NCC(C)C(=O)OCc2ccccc2)C1. The average Bonchev–Trinajstić information content (AvgIpc) is 2.51. The van der Waals surface area contributed by atoms with Gasteiger partial charge in [-0.25, -0.2) is 0 Å². The van der Waals surface area contributed by atoms with E-state index in [0.717, 1.165) is 11.5 Å². The Morgan fingerprint density at radius 3 is 2.81 bits per heavy atom. The first-order chi connectivity index (χ1) is 10.1. The van der Waals surface area contributed by atoms with Gasteiger partial charge in [-0.15, -0.1) is 0 Å². The highest BCUT2D eigenvalue weighted by molar-refractivity contribution is 5.72. The molecule has 3 atom stereocenters. The summed E-state index contributed by atoms with van der Waals surface area (Å²) in [6, 6.07) is 10.4. The van der Waals surface area contributed by atoms with Gasteiger partial charge in [0.05, 0.1) is 5.92 Å². The third-order valence-corrected chi connectivity index (χ3v) is 4.28. The van der Waals surface area contributed by atoms with Crippen molar-refractivity contribution in [1.82, 2.24) is 5.32 Å². The van der Waals surface area contributed by atoms with Gasteiger partial charge in [-0.2, -0.15) is 0 Å². The van der Waals surface area contributed by atoms with Gasteiger partial charge in [0.15, 0.2) is 0 Å². The summed E-state index contributed by atoms with van der Waals surface area (Å²) >= 11 is 0. The van der Waals surface area contributed by atoms with E-state index in [2.05, 4.69) is 12.2 Å². The zero-order chi connectivity index (χ0) is 15.1. The number of nitrogens with one attached hydrogen (secondary N) is 1. The number of carbonyl (C=O) groups is 1. The molecule has 0 aliphatic heterocycles. The molecule has 1 aromatic rings. The molecule has 1 fully saturated rings. The zero-order valence-electron chi connectivity index (χ0n) is 13.2. The molecule has 1 aliphatic carbocycles. The molecular weight excluding hydrogens is 262 g/mol. The standard InChI is InChI=1S/C18H27NO2/c1-14-7-6-10-17(11-14)19-12-15(2)18(20)21-13-16-8-4-3-5-9-16/h3-5,8-9,14-15,17,19H,6-7,10-13H2,1-2H3. The number of esters is 1. The number of hydrogen-bond acceptors (Lipinski definition) is 3. The van der Waals surface area contributed by atoms with Crippen LogP contribution in [0.5, 0.6) is 0 Å². The molecule has 0 saturated heterocycles. The quantitative estimate of drug-likeness (QED) is 0.814. The third-order valence-electron chi connectivity index (χ3n) is 4.28. The molecule has 1 aliphatic rings. The van der Waals surface area contributed by atoms with Crippen molar-refractivity contribution in [1.29, 1.82) is 0 Å². The Bertz CT molecular complexity index is 432. The molecular formula is C18H27NO2. The number of carbonyl (C=O) groups excluding carboxylic acids is 1. The number of ether oxygens (including phenoxy) is 1. The van der Waals surface area contributed by atoms with Crippen LogP contribution in [0, 0.1) is 11.8 Å². The van der Waals surface area contributed by atoms with Gasteiger partial charge in [-0.05, 0) is 24.3 Å². The van der Waals surface area contributed by atoms with Gasteiger partial charge < -0.3 is 10.1 Å². The maximum Gasteiger partial charge on any atom is 0.310 e. The highest BCUT2D eigenvalue weighted by Gasteiger charge is 2.21. The van der Waals surface area contributed by atoms with Crippen LogP contribution in [0.2, 0.25) is 0 Å². The van der Waals surface area contributed by atoms with Crippen LogP contribution in [0.3, 0.4) is 0 Å². The Morgan fingerprint density at radius 2 is 2.10 bits per heavy atom. The second kappa shape index (κ2) is 8.18. The van der Waals surface area contributed by atoms with E-state index in [-0.39, 0.29) is 11.9 Å². The number of rotatable bonds is 6. The average molecular weight is 289 g/mol. The lowest BCUT2D eigenvalue weighted by molar-refractivity contribution is -0.149. The van der Waals surface area contributed by atoms with Gasteiger partial charge in [0.2, 0.25) is 0 Å². The van der Waals surface area contributed by atoms with Crippen molar-refractivity contribution < 1.29 is 9.53 Å². The van der Waals surface area contributed by atoms with Crippen molar-refractivity contribution in [3.05, 3.63) is 35.9 Å². The fourth-order valence-corrected chi connectivity index (χ4v) is 2.92. The van der Waals surface area contributed by atoms with Gasteiger partial charge in [0, 0.05) is 12.6 Å². The topological polar surface area (TPSA) is 38.3 Å². The zero-order valence-corrected chi connectivity index (χ0v) is 13.2. The van der Waals surface area contributed by atoms with E-state index in [1.165, 1.54) is 25.7 Å². The fraction of sp³-hybridized carbons (Fsp3) is 0.611. The van der Waals surface area contributed by atoms with Gasteiger partial charge in [-0.3, -0.25) is 4.79 Å². The van der Waals surface area contributed by atoms with E-state index in [0.29, 0.717) is 19.2 Å². The summed E-state index contributed by atoms with van der Waals surface area (Å²) in [4.78, 5) is 12.0. The Hall–Kier alpha value is -1.35. The van der Waals surface area contributed by atoms with Crippen molar-refractivity contribution >= 4 is 5.97 Å². The monoisotopic (exact) mass is 289 g/mol. The predicted octanol–water partition coefficient (Wildman–Crippen LogP) is 3.53. The van der Waals surface area contributed by atoms with E-state index in [4.69, 9.17) is 4.74 Å². The second-order valence-corrected chi connectivity index (χ2v) is 6.37. The molecule has 0 aromatic heterocycles. The molecule has 3 unspecified atom stereocenters. The van der Waals surface area contributed by atoms with E-state index >= 15 is 0 Å². The Kier molecular flexibility index (Phi) is 6.24. The first-order valence-electron chi connectivity index (χ1n) is 8.09. The summed E-state index contributed by atoms with van der Waals surface area (Å²) in [5.41, 5.74) is 1.03. The first kappa shape index (κ1) is 16.0. The summed E-state index contributed by atoms with van der Waals surface area (Å²) in [5.74, 6) is 0.595. The molecule has 2 rings (SSSR count). The molecule has 3 nitrogen and oxygen atoms in total. The maximum absolute atomic E-state index is 12.0. The van der Waals surface area contributed by atoms with Gasteiger partial charge >= 0.3 is 5.97 Å². The summed E-state index contributed by atoms with van der Waals surface area (Å²) in [5, 5.41) is 3.53. The highest BCUT2D eigenvalue weighted by Crippen LogP contribution is 2.23. The van der Waals surface area contributed by atoms with Crippen molar-refractivity contribution in [2.75, 3.05) is 6.54 Å². The minimum atomic E-state index is -0.116. The van der Waals surface area contributed by atoms with Crippen LogP contribution in [0.1, 0.15) is 45.1 Å². The molecule has 0 heterocycles. The molecule has 0 amide bonds. The minimum Gasteiger partial charge on any atom is -0.461 e. The van der Waals surface area contributed by atoms with E-state index in [1.54, 1.807) is 0 Å². The van der Waals surface area contributed by atoms with Gasteiger partial charge in [0.1, 0.15) is 6.61 Å².